The van der Waals surface area contributed by atoms with Gasteiger partial charge in [0.2, 0.25) is 0 Å². The molecule has 1 rings (SSSR count). The zero-order chi connectivity index (χ0) is 11.1. The Hall–Kier alpha value is -0.220. The summed E-state index contributed by atoms with van der Waals surface area (Å²) in [6.45, 7) is 5.58. The van der Waals surface area contributed by atoms with Crippen LogP contribution in [0.2, 0.25) is 0 Å². The summed E-state index contributed by atoms with van der Waals surface area (Å²) in [6, 6.07) is 0. The molecule has 1 atom stereocenters. The van der Waals surface area contributed by atoms with E-state index >= 15 is 0 Å². The van der Waals surface area contributed by atoms with Gasteiger partial charge in [-0.05, 0) is 43.9 Å². The number of thioether (sulfide) groups is 1. The Kier molecular flexibility index (Phi) is 6.10. The number of hydrogen-bond donors (Lipinski definition) is 2. The summed E-state index contributed by atoms with van der Waals surface area (Å²) < 4.78 is 0. The third kappa shape index (κ3) is 4.89. The van der Waals surface area contributed by atoms with Gasteiger partial charge in [-0.15, -0.1) is 0 Å². The number of piperidine rings is 1. The molecule has 0 aromatic carbocycles. The fourth-order valence-corrected chi connectivity index (χ4v) is 2.67. The molecule has 1 heterocycles. The van der Waals surface area contributed by atoms with Crippen molar-refractivity contribution in [1.82, 2.24) is 4.90 Å². The molecule has 0 bridgehead atoms. The van der Waals surface area contributed by atoms with Crippen molar-refractivity contribution in [3.63, 3.8) is 0 Å². The lowest BCUT2D eigenvalue weighted by Crippen LogP contribution is -2.41. The first-order valence-corrected chi connectivity index (χ1v) is 7.03. The van der Waals surface area contributed by atoms with Gasteiger partial charge in [0, 0.05) is 12.5 Å². The van der Waals surface area contributed by atoms with E-state index in [2.05, 4.69) is 11.8 Å². The number of nitrogens with two attached hydrogens (primary N) is 1. The molecule has 1 aliphatic rings. The maximum Gasteiger partial charge on any atom is 0.0949 e. The molecule has 15 heavy (non-hydrogen) atoms. The predicted octanol–water partition coefficient (Wildman–Crippen LogP) is 1.78. The highest BCUT2D eigenvalue weighted by Gasteiger charge is 2.21. The molecule has 1 aliphatic heterocycles. The number of likely N-dealkylation sites (tertiary alicyclic amines) is 1. The molecule has 0 radical (unpaired) electrons. The molecule has 0 aromatic rings. The predicted molar refractivity (Wildman–Crippen MR) is 68.7 cm³/mol. The van der Waals surface area contributed by atoms with E-state index in [0.29, 0.717) is 11.8 Å². The normalized spacial score (nSPS) is 22.9. The van der Waals surface area contributed by atoms with Crippen LogP contribution in [-0.2, 0) is 0 Å². The second-order valence-corrected chi connectivity index (χ2v) is 5.54. The van der Waals surface area contributed by atoms with E-state index in [1.54, 1.807) is 0 Å². The van der Waals surface area contributed by atoms with Gasteiger partial charge < -0.3 is 10.6 Å². The Morgan fingerprint density at radius 1 is 1.60 bits per heavy atom. The Morgan fingerprint density at radius 2 is 2.40 bits per heavy atom. The Morgan fingerprint density at radius 3 is 3.07 bits per heavy atom. The SMILES string of the molecule is CCSCCCN1CCCC(C(=N)N)C1. The molecule has 0 aromatic heterocycles. The summed E-state index contributed by atoms with van der Waals surface area (Å²) in [5.41, 5.74) is 5.56. The minimum absolute atomic E-state index is 0.317. The third-order valence-corrected chi connectivity index (χ3v) is 3.90. The van der Waals surface area contributed by atoms with E-state index in [1.165, 1.54) is 37.4 Å². The van der Waals surface area contributed by atoms with Crippen LogP contribution in [0.1, 0.15) is 26.2 Å². The molecular formula is C11H23N3S. The van der Waals surface area contributed by atoms with Gasteiger partial charge in [0.05, 0.1) is 5.84 Å². The summed E-state index contributed by atoms with van der Waals surface area (Å²) in [6.07, 6.45) is 3.57. The minimum Gasteiger partial charge on any atom is -0.387 e. The number of nitrogens with one attached hydrogen (secondary N) is 1. The largest absolute Gasteiger partial charge is 0.387 e. The van der Waals surface area contributed by atoms with Crippen molar-refractivity contribution in [2.45, 2.75) is 26.2 Å². The lowest BCUT2D eigenvalue weighted by Gasteiger charge is -2.31. The fourth-order valence-electron chi connectivity index (χ4n) is 2.05. The van der Waals surface area contributed by atoms with E-state index in [-0.39, 0.29) is 0 Å². The second kappa shape index (κ2) is 7.12. The van der Waals surface area contributed by atoms with Crippen molar-refractivity contribution in [3.8, 4) is 0 Å². The highest BCUT2D eigenvalue weighted by molar-refractivity contribution is 7.99. The van der Waals surface area contributed by atoms with Gasteiger partial charge in [-0.1, -0.05) is 6.92 Å². The first-order valence-electron chi connectivity index (χ1n) is 5.88. The number of nitrogens with zero attached hydrogens (tertiary/aromatic N) is 1. The summed E-state index contributed by atoms with van der Waals surface area (Å²) >= 11 is 2.01. The van der Waals surface area contributed by atoms with Crippen LogP contribution >= 0.6 is 11.8 Å². The first-order chi connectivity index (χ1) is 7.24. The average Bonchev–Trinajstić information content (AvgIpc) is 2.25. The Bertz CT molecular complexity index is 196. The molecular weight excluding hydrogens is 206 g/mol. The van der Waals surface area contributed by atoms with E-state index < -0.39 is 0 Å². The van der Waals surface area contributed by atoms with Crippen molar-refractivity contribution < 1.29 is 0 Å². The topological polar surface area (TPSA) is 53.1 Å². The Labute approximate surface area is 97.3 Å². The van der Waals surface area contributed by atoms with Gasteiger partial charge in [-0.2, -0.15) is 11.8 Å². The average molecular weight is 229 g/mol. The molecule has 88 valence electrons. The smallest absolute Gasteiger partial charge is 0.0949 e. The molecule has 0 amide bonds. The van der Waals surface area contributed by atoms with Gasteiger partial charge in [-0.3, -0.25) is 5.41 Å². The summed E-state index contributed by atoms with van der Waals surface area (Å²) in [5, 5.41) is 7.47. The molecule has 0 saturated carbocycles. The molecule has 1 saturated heterocycles. The van der Waals surface area contributed by atoms with Gasteiger partial charge in [-0.25, -0.2) is 0 Å². The van der Waals surface area contributed by atoms with Gasteiger partial charge in [0.15, 0.2) is 0 Å². The zero-order valence-electron chi connectivity index (χ0n) is 9.67. The highest BCUT2D eigenvalue weighted by Crippen LogP contribution is 2.16. The highest BCUT2D eigenvalue weighted by atomic mass is 32.2. The van der Waals surface area contributed by atoms with Gasteiger partial charge in [0.1, 0.15) is 0 Å². The van der Waals surface area contributed by atoms with Crippen LogP contribution in [0, 0.1) is 11.3 Å². The van der Waals surface area contributed by atoms with Crippen LogP contribution in [0.25, 0.3) is 0 Å². The van der Waals surface area contributed by atoms with Crippen molar-refractivity contribution >= 4 is 17.6 Å². The zero-order valence-corrected chi connectivity index (χ0v) is 10.5. The molecule has 3 nitrogen and oxygen atoms in total. The van der Waals surface area contributed by atoms with Crippen molar-refractivity contribution in [2.24, 2.45) is 11.7 Å². The van der Waals surface area contributed by atoms with Crippen LogP contribution < -0.4 is 5.73 Å². The molecule has 1 fully saturated rings. The van der Waals surface area contributed by atoms with Crippen molar-refractivity contribution in [1.29, 1.82) is 5.41 Å². The third-order valence-electron chi connectivity index (χ3n) is 2.91. The lowest BCUT2D eigenvalue weighted by atomic mass is 9.97. The number of rotatable bonds is 6. The van der Waals surface area contributed by atoms with Crippen LogP contribution in [0.15, 0.2) is 0 Å². The first kappa shape index (κ1) is 12.8. The summed E-state index contributed by atoms with van der Waals surface area (Å²) in [5.74, 6) is 3.17. The van der Waals surface area contributed by atoms with Crippen molar-refractivity contribution in [2.75, 3.05) is 31.1 Å². The quantitative estimate of drug-likeness (QED) is 0.415. The van der Waals surface area contributed by atoms with Crippen LogP contribution in [0.5, 0.6) is 0 Å². The van der Waals surface area contributed by atoms with Crippen LogP contribution in [0.3, 0.4) is 0 Å². The van der Waals surface area contributed by atoms with Crippen LogP contribution in [0.4, 0.5) is 0 Å². The fraction of sp³-hybridized carbons (Fsp3) is 0.909. The van der Waals surface area contributed by atoms with Gasteiger partial charge in [0.25, 0.3) is 0 Å². The van der Waals surface area contributed by atoms with E-state index in [0.717, 1.165) is 13.0 Å². The Balaban J connectivity index is 2.15. The lowest BCUT2D eigenvalue weighted by molar-refractivity contribution is 0.204. The standard InChI is InChI=1S/C11H23N3S/c1-2-15-8-4-7-14-6-3-5-10(9-14)11(12)13/h10H,2-9H2,1H3,(H3,12,13). The molecule has 1 unspecified atom stereocenters. The number of amidine groups is 1. The molecule has 3 N–H and O–H groups in total. The summed E-state index contributed by atoms with van der Waals surface area (Å²) in [4.78, 5) is 2.46. The van der Waals surface area contributed by atoms with E-state index in [9.17, 15) is 0 Å². The summed E-state index contributed by atoms with van der Waals surface area (Å²) in [7, 11) is 0. The monoisotopic (exact) mass is 229 g/mol. The van der Waals surface area contributed by atoms with E-state index in [1.807, 2.05) is 11.8 Å². The van der Waals surface area contributed by atoms with Crippen LogP contribution in [-0.4, -0.2) is 41.9 Å². The molecule has 0 spiro atoms. The van der Waals surface area contributed by atoms with E-state index in [4.69, 9.17) is 11.1 Å². The van der Waals surface area contributed by atoms with Gasteiger partial charge >= 0.3 is 0 Å². The molecule has 4 heteroatoms. The van der Waals surface area contributed by atoms with Crippen molar-refractivity contribution in [3.05, 3.63) is 0 Å². The maximum absolute atomic E-state index is 7.47. The second-order valence-electron chi connectivity index (χ2n) is 4.15. The minimum atomic E-state index is 0.317. The number of hydrogen-bond acceptors (Lipinski definition) is 3. The maximum atomic E-state index is 7.47. The molecule has 0 aliphatic carbocycles.